The molecule has 0 heterocycles. The molecule has 0 fully saturated rings. The monoisotopic (exact) mass is 152 g/mol. The molecular weight excluding hydrogens is 136 g/mol. The van der Waals surface area contributed by atoms with Crippen LogP contribution in [-0.2, 0) is 4.79 Å². The van der Waals surface area contributed by atoms with E-state index in [0.29, 0.717) is 0 Å². The molecule has 0 unspecified atom stereocenters. The summed E-state index contributed by atoms with van der Waals surface area (Å²) in [5, 5.41) is 0. The van der Waals surface area contributed by atoms with Gasteiger partial charge in [-0.1, -0.05) is 25.5 Å². The Bertz CT molecular complexity index is 175. The van der Waals surface area contributed by atoms with Gasteiger partial charge in [0, 0.05) is 0 Å². The second-order valence-electron chi connectivity index (χ2n) is 2.69. The highest BCUT2D eigenvalue weighted by atomic mass is 16.1. The first-order valence-corrected chi connectivity index (χ1v) is 4.02. The van der Waals surface area contributed by atoms with Crippen molar-refractivity contribution in [2.24, 2.45) is 0 Å². The standard InChI is InChI=1S/C10H16O/c1-4-5-6-7-9(2)8-10(3)11/h6-8H,4-5H2,1-3H3. The maximum absolute atomic E-state index is 10.6. The summed E-state index contributed by atoms with van der Waals surface area (Å²) in [5.74, 6) is 0.114. The molecule has 0 aliphatic rings. The molecule has 0 amide bonds. The van der Waals surface area contributed by atoms with Gasteiger partial charge in [-0.2, -0.15) is 0 Å². The molecule has 11 heavy (non-hydrogen) atoms. The molecule has 0 aromatic heterocycles. The van der Waals surface area contributed by atoms with Crippen molar-refractivity contribution in [3.63, 3.8) is 0 Å². The molecule has 0 bridgehead atoms. The summed E-state index contributed by atoms with van der Waals surface area (Å²) in [6.45, 7) is 5.64. The minimum absolute atomic E-state index is 0.114. The van der Waals surface area contributed by atoms with E-state index in [1.165, 1.54) is 0 Å². The van der Waals surface area contributed by atoms with E-state index in [1.54, 1.807) is 13.0 Å². The minimum atomic E-state index is 0.114. The highest BCUT2D eigenvalue weighted by Gasteiger charge is 1.85. The van der Waals surface area contributed by atoms with Gasteiger partial charge < -0.3 is 0 Å². The smallest absolute Gasteiger partial charge is 0.152 e. The molecule has 0 saturated carbocycles. The topological polar surface area (TPSA) is 17.1 Å². The van der Waals surface area contributed by atoms with Crippen molar-refractivity contribution >= 4 is 5.78 Å². The Kier molecular flexibility index (Phi) is 5.44. The first kappa shape index (κ1) is 10.2. The molecule has 0 rings (SSSR count). The lowest BCUT2D eigenvalue weighted by Gasteiger charge is -1.88. The van der Waals surface area contributed by atoms with E-state index in [0.717, 1.165) is 18.4 Å². The van der Waals surface area contributed by atoms with E-state index in [1.807, 2.05) is 13.0 Å². The molecule has 1 nitrogen and oxygen atoms in total. The van der Waals surface area contributed by atoms with Gasteiger partial charge in [0.1, 0.15) is 0 Å². The molecular formula is C10H16O. The second-order valence-corrected chi connectivity index (χ2v) is 2.69. The number of allylic oxidation sites excluding steroid dienone is 4. The van der Waals surface area contributed by atoms with Gasteiger partial charge in [-0.25, -0.2) is 0 Å². The van der Waals surface area contributed by atoms with Gasteiger partial charge >= 0.3 is 0 Å². The van der Waals surface area contributed by atoms with Crippen molar-refractivity contribution in [1.29, 1.82) is 0 Å². The average Bonchev–Trinajstić information content (AvgIpc) is 1.86. The first-order valence-electron chi connectivity index (χ1n) is 4.02. The third kappa shape index (κ3) is 7.04. The summed E-state index contributed by atoms with van der Waals surface area (Å²) < 4.78 is 0. The summed E-state index contributed by atoms with van der Waals surface area (Å²) in [4.78, 5) is 10.6. The Morgan fingerprint density at radius 3 is 2.45 bits per heavy atom. The number of hydrogen-bond donors (Lipinski definition) is 0. The fourth-order valence-electron chi connectivity index (χ4n) is 0.805. The number of carbonyl (C=O) groups is 1. The Morgan fingerprint density at radius 2 is 2.00 bits per heavy atom. The van der Waals surface area contributed by atoms with Crippen molar-refractivity contribution in [3.05, 3.63) is 23.8 Å². The highest BCUT2D eigenvalue weighted by Crippen LogP contribution is 1.97. The molecule has 0 spiro atoms. The predicted molar refractivity (Wildman–Crippen MR) is 48.5 cm³/mol. The molecule has 0 aromatic carbocycles. The Morgan fingerprint density at radius 1 is 1.36 bits per heavy atom. The molecule has 0 aliphatic heterocycles. The Hall–Kier alpha value is -0.850. The van der Waals surface area contributed by atoms with Gasteiger partial charge in [-0.3, -0.25) is 4.79 Å². The zero-order valence-corrected chi connectivity index (χ0v) is 7.55. The summed E-state index contributed by atoms with van der Waals surface area (Å²) in [6, 6.07) is 0. The lowest BCUT2D eigenvalue weighted by molar-refractivity contribution is -0.112. The van der Waals surface area contributed by atoms with Crippen molar-refractivity contribution < 1.29 is 4.79 Å². The van der Waals surface area contributed by atoms with Crippen molar-refractivity contribution in [2.45, 2.75) is 33.6 Å². The third-order valence-electron chi connectivity index (χ3n) is 1.27. The van der Waals surface area contributed by atoms with Crippen LogP contribution in [0.3, 0.4) is 0 Å². The van der Waals surface area contributed by atoms with Crippen LogP contribution in [0.4, 0.5) is 0 Å². The van der Waals surface area contributed by atoms with Crippen LogP contribution in [0.15, 0.2) is 23.8 Å². The maximum atomic E-state index is 10.6. The summed E-state index contributed by atoms with van der Waals surface area (Å²) >= 11 is 0. The molecule has 62 valence electrons. The summed E-state index contributed by atoms with van der Waals surface area (Å²) in [6.07, 6.45) is 7.97. The average molecular weight is 152 g/mol. The van der Waals surface area contributed by atoms with Crippen molar-refractivity contribution in [3.8, 4) is 0 Å². The second kappa shape index (κ2) is 5.90. The van der Waals surface area contributed by atoms with Crippen LogP contribution in [0.5, 0.6) is 0 Å². The van der Waals surface area contributed by atoms with E-state index in [2.05, 4.69) is 13.0 Å². The van der Waals surface area contributed by atoms with Crippen LogP contribution in [0, 0.1) is 0 Å². The van der Waals surface area contributed by atoms with Crippen LogP contribution >= 0.6 is 0 Å². The van der Waals surface area contributed by atoms with Gasteiger partial charge in [0.05, 0.1) is 0 Å². The van der Waals surface area contributed by atoms with Gasteiger partial charge in [-0.05, 0) is 31.9 Å². The first-order chi connectivity index (χ1) is 5.16. The van der Waals surface area contributed by atoms with Crippen LogP contribution in [0.25, 0.3) is 0 Å². The van der Waals surface area contributed by atoms with Crippen LogP contribution in [0.1, 0.15) is 33.6 Å². The van der Waals surface area contributed by atoms with Gasteiger partial charge in [0.25, 0.3) is 0 Å². The van der Waals surface area contributed by atoms with E-state index in [9.17, 15) is 4.79 Å². The number of ketones is 1. The number of unbranched alkanes of at least 4 members (excludes halogenated alkanes) is 1. The minimum Gasteiger partial charge on any atom is -0.295 e. The molecule has 0 N–H and O–H groups in total. The Labute approximate surface area is 68.8 Å². The van der Waals surface area contributed by atoms with Crippen LogP contribution in [0.2, 0.25) is 0 Å². The zero-order valence-electron chi connectivity index (χ0n) is 7.55. The number of carbonyl (C=O) groups excluding carboxylic acids is 1. The molecule has 0 saturated heterocycles. The van der Waals surface area contributed by atoms with E-state index < -0.39 is 0 Å². The van der Waals surface area contributed by atoms with E-state index >= 15 is 0 Å². The molecule has 0 radical (unpaired) electrons. The largest absolute Gasteiger partial charge is 0.295 e. The highest BCUT2D eigenvalue weighted by molar-refractivity contribution is 5.88. The van der Waals surface area contributed by atoms with Gasteiger partial charge in [-0.15, -0.1) is 0 Å². The van der Waals surface area contributed by atoms with Crippen LogP contribution < -0.4 is 0 Å². The normalized spacial score (nSPS) is 12.5. The van der Waals surface area contributed by atoms with Gasteiger partial charge in [0.15, 0.2) is 5.78 Å². The maximum Gasteiger partial charge on any atom is 0.152 e. The summed E-state index contributed by atoms with van der Waals surface area (Å²) in [5.41, 5.74) is 1.03. The number of hydrogen-bond acceptors (Lipinski definition) is 1. The molecule has 0 aliphatic carbocycles. The van der Waals surface area contributed by atoms with Crippen LogP contribution in [-0.4, -0.2) is 5.78 Å². The van der Waals surface area contributed by atoms with Gasteiger partial charge in [0.2, 0.25) is 0 Å². The fourth-order valence-corrected chi connectivity index (χ4v) is 0.805. The number of rotatable bonds is 4. The molecule has 0 aromatic rings. The van der Waals surface area contributed by atoms with Crippen molar-refractivity contribution in [1.82, 2.24) is 0 Å². The predicted octanol–water partition coefficient (Wildman–Crippen LogP) is 2.88. The van der Waals surface area contributed by atoms with E-state index in [4.69, 9.17) is 0 Å². The van der Waals surface area contributed by atoms with E-state index in [-0.39, 0.29) is 5.78 Å². The molecule has 0 atom stereocenters. The lowest BCUT2D eigenvalue weighted by Crippen LogP contribution is -1.82. The Balaban J connectivity index is 3.85. The zero-order chi connectivity index (χ0) is 8.69. The summed E-state index contributed by atoms with van der Waals surface area (Å²) in [7, 11) is 0. The van der Waals surface area contributed by atoms with Crippen molar-refractivity contribution in [2.75, 3.05) is 0 Å². The quantitative estimate of drug-likeness (QED) is 0.447. The SMILES string of the molecule is CCCC=CC(C)=CC(C)=O. The third-order valence-corrected chi connectivity index (χ3v) is 1.27. The lowest BCUT2D eigenvalue weighted by atomic mass is 10.2. The fraction of sp³-hybridized carbons (Fsp3) is 0.500. The molecule has 1 heteroatoms.